The molecule has 0 radical (unpaired) electrons. The molecule has 1 aliphatic carbocycles. The third kappa shape index (κ3) is 2.09. The van der Waals surface area contributed by atoms with Gasteiger partial charge < -0.3 is 0 Å². The third-order valence-corrected chi connectivity index (χ3v) is 5.21. The number of imide groups is 1. The molecule has 100 valence electrons. The molecular weight excluding hydrogens is 377 g/mol. The molecule has 5 heteroatoms. The van der Waals surface area contributed by atoms with Gasteiger partial charge in [-0.3, -0.25) is 9.59 Å². The number of carbonyl (C=O) groups is 2. The van der Waals surface area contributed by atoms with Crippen molar-refractivity contribution in [3.63, 3.8) is 0 Å². The average Bonchev–Trinajstić information content (AvgIpc) is 2.89. The van der Waals surface area contributed by atoms with Crippen molar-refractivity contribution in [2.24, 2.45) is 5.41 Å². The first-order valence-electron chi connectivity index (χ1n) is 6.36. The van der Waals surface area contributed by atoms with Crippen LogP contribution in [-0.4, -0.2) is 11.8 Å². The summed E-state index contributed by atoms with van der Waals surface area (Å²) in [4.78, 5) is 26.3. The van der Waals surface area contributed by atoms with Crippen LogP contribution in [0.15, 0.2) is 18.2 Å². The summed E-state index contributed by atoms with van der Waals surface area (Å²) in [6, 6.07) is 5.25. The van der Waals surface area contributed by atoms with Crippen LogP contribution in [0.25, 0.3) is 0 Å². The van der Waals surface area contributed by atoms with Gasteiger partial charge >= 0.3 is 0 Å². The maximum Gasteiger partial charge on any atom is 0.240 e. The summed E-state index contributed by atoms with van der Waals surface area (Å²) in [5, 5.41) is 0.614. The number of hydrogen-bond acceptors (Lipinski definition) is 2. The number of nitrogens with zero attached hydrogens (tertiary/aromatic N) is 1. The maximum absolute atomic E-state index is 12.6. The van der Waals surface area contributed by atoms with Gasteiger partial charge in [0.25, 0.3) is 0 Å². The Labute approximate surface area is 130 Å². The molecule has 2 aliphatic rings. The Balaban J connectivity index is 2.01. The zero-order valence-corrected chi connectivity index (χ0v) is 13.2. The zero-order valence-electron chi connectivity index (χ0n) is 10.3. The lowest BCUT2D eigenvalue weighted by atomic mass is 9.84. The first kappa shape index (κ1) is 13.4. The molecule has 0 atom stereocenters. The molecule has 3 rings (SSSR count). The van der Waals surface area contributed by atoms with E-state index < -0.39 is 5.41 Å². The van der Waals surface area contributed by atoms with Gasteiger partial charge in [-0.2, -0.15) is 0 Å². The van der Waals surface area contributed by atoms with Gasteiger partial charge in [0.1, 0.15) is 0 Å². The van der Waals surface area contributed by atoms with Gasteiger partial charge in [-0.15, -0.1) is 0 Å². The highest BCUT2D eigenvalue weighted by molar-refractivity contribution is 14.1. The SMILES string of the molecule is O=C1CC2(CCCC2)C(=O)N1c1ccc(Cl)cc1I. The van der Waals surface area contributed by atoms with Crippen molar-refractivity contribution in [2.45, 2.75) is 32.1 Å². The number of amides is 2. The fourth-order valence-electron chi connectivity index (χ4n) is 3.14. The molecule has 0 unspecified atom stereocenters. The second kappa shape index (κ2) is 4.74. The fourth-order valence-corrected chi connectivity index (χ4v) is 4.26. The molecule has 1 saturated carbocycles. The standard InChI is InChI=1S/C14H13ClINO2/c15-9-3-4-11(10(16)7-9)17-12(18)8-14(13(17)19)5-1-2-6-14/h3-4,7H,1-2,5-6,8H2. The van der Waals surface area contributed by atoms with Gasteiger partial charge in [-0.25, -0.2) is 4.90 Å². The summed E-state index contributed by atoms with van der Waals surface area (Å²) in [6.45, 7) is 0. The van der Waals surface area contributed by atoms with Crippen LogP contribution < -0.4 is 4.90 Å². The number of halogens is 2. The van der Waals surface area contributed by atoms with E-state index in [1.54, 1.807) is 18.2 Å². The van der Waals surface area contributed by atoms with Crippen LogP contribution in [0.2, 0.25) is 5.02 Å². The fraction of sp³-hybridized carbons (Fsp3) is 0.429. The van der Waals surface area contributed by atoms with Gasteiger partial charge in [0.2, 0.25) is 11.8 Å². The number of anilines is 1. The largest absolute Gasteiger partial charge is 0.274 e. The van der Waals surface area contributed by atoms with E-state index in [2.05, 4.69) is 22.6 Å². The van der Waals surface area contributed by atoms with Crippen LogP contribution >= 0.6 is 34.2 Å². The quantitative estimate of drug-likeness (QED) is 0.542. The molecule has 1 spiro atoms. The average molecular weight is 390 g/mol. The maximum atomic E-state index is 12.6. The van der Waals surface area contributed by atoms with Gasteiger partial charge in [0.05, 0.1) is 11.1 Å². The second-order valence-electron chi connectivity index (χ2n) is 5.29. The molecule has 1 heterocycles. The molecule has 0 aromatic heterocycles. The van der Waals surface area contributed by atoms with Crippen LogP contribution in [-0.2, 0) is 9.59 Å². The van der Waals surface area contributed by atoms with E-state index in [-0.39, 0.29) is 11.8 Å². The number of rotatable bonds is 1. The highest BCUT2D eigenvalue weighted by atomic mass is 127. The van der Waals surface area contributed by atoms with Crippen molar-refractivity contribution in [3.8, 4) is 0 Å². The van der Waals surface area contributed by atoms with E-state index in [9.17, 15) is 9.59 Å². The van der Waals surface area contributed by atoms with Gasteiger partial charge in [-0.05, 0) is 53.6 Å². The summed E-state index contributed by atoms with van der Waals surface area (Å²) >= 11 is 8.04. The summed E-state index contributed by atoms with van der Waals surface area (Å²) in [5.41, 5.74) is 0.253. The van der Waals surface area contributed by atoms with Crippen LogP contribution in [0, 0.1) is 8.99 Å². The van der Waals surface area contributed by atoms with E-state index >= 15 is 0 Å². The topological polar surface area (TPSA) is 37.4 Å². The Kier molecular flexibility index (Phi) is 3.33. The van der Waals surface area contributed by atoms with Crippen molar-refractivity contribution in [1.29, 1.82) is 0 Å². The molecule has 1 aromatic carbocycles. The first-order chi connectivity index (χ1) is 9.03. The Bertz CT molecular complexity index is 567. The van der Waals surface area contributed by atoms with Crippen molar-refractivity contribution >= 4 is 51.7 Å². The van der Waals surface area contributed by atoms with Gasteiger partial charge in [0.15, 0.2) is 0 Å². The molecule has 1 saturated heterocycles. The van der Waals surface area contributed by atoms with Crippen molar-refractivity contribution < 1.29 is 9.59 Å². The minimum atomic E-state index is -0.417. The summed E-state index contributed by atoms with van der Waals surface area (Å²) in [6.07, 6.45) is 4.15. The smallest absolute Gasteiger partial charge is 0.240 e. The Morgan fingerprint density at radius 1 is 1.21 bits per heavy atom. The minimum Gasteiger partial charge on any atom is -0.274 e. The Hall–Kier alpha value is -0.620. The molecule has 0 bridgehead atoms. The molecule has 1 aromatic rings. The summed E-state index contributed by atoms with van der Waals surface area (Å²) in [7, 11) is 0. The predicted octanol–water partition coefficient (Wildman–Crippen LogP) is 3.77. The molecule has 2 fully saturated rings. The lowest BCUT2D eigenvalue weighted by molar-refractivity contribution is -0.125. The third-order valence-electron chi connectivity index (χ3n) is 4.11. The van der Waals surface area contributed by atoms with Crippen LogP contribution in [0.5, 0.6) is 0 Å². The van der Waals surface area contributed by atoms with Crippen molar-refractivity contribution in [2.75, 3.05) is 4.90 Å². The number of hydrogen-bond donors (Lipinski definition) is 0. The van der Waals surface area contributed by atoms with E-state index in [0.717, 1.165) is 29.3 Å². The van der Waals surface area contributed by atoms with Crippen LogP contribution in [0.4, 0.5) is 5.69 Å². The summed E-state index contributed by atoms with van der Waals surface area (Å²) < 4.78 is 0.835. The Morgan fingerprint density at radius 3 is 2.53 bits per heavy atom. The molecule has 1 aliphatic heterocycles. The van der Waals surface area contributed by atoms with Crippen LogP contribution in [0.3, 0.4) is 0 Å². The van der Waals surface area contributed by atoms with Crippen LogP contribution in [0.1, 0.15) is 32.1 Å². The monoisotopic (exact) mass is 389 g/mol. The van der Waals surface area contributed by atoms with Gasteiger partial charge in [-0.1, -0.05) is 24.4 Å². The minimum absolute atomic E-state index is 0.0183. The lowest BCUT2D eigenvalue weighted by Gasteiger charge is -2.21. The number of carbonyl (C=O) groups excluding carboxylic acids is 2. The zero-order chi connectivity index (χ0) is 13.6. The van der Waals surface area contributed by atoms with Gasteiger partial charge in [0, 0.05) is 15.0 Å². The van der Waals surface area contributed by atoms with E-state index in [1.807, 2.05) is 0 Å². The second-order valence-corrected chi connectivity index (χ2v) is 6.89. The first-order valence-corrected chi connectivity index (χ1v) is 7.82. The molecule has 2 amide bonds. The molecule has 19 heavy (non-hydrogen) atoms. The molecular formula is C14H13ClINO2. The predicted molar refractivity (Wildman–Crippen MR) is 82.2 cm³/mol. The molecule has 3 nitrogen and oxygen atoms in total. The highest BCUT2D eigenvalue weighted by Crippen LogP contribution is 2.48. The van der Waals surface area contributed by atoms with E-state index in [0.29, 0.717) is 17.1 Å². The van der Waals surface area contributed by atoms with Crippen molar-refractivity contribution in [1.82, 2.24) is 0 Å². The summed E-state index contributed by atoms with van der Waals surface area (Å²) in [5.74, 6) is -0.0950. The number of benzene rings is 1. The van der Waals surface area contributed by atoms with E-state index in [1.165, 1.54) is 4.90 Å². The normalized spacial score (nSPS) is 21.7. The lowest BCUT2D eigenvalue weighted by Crippen LogP contribution is -2.34. The Morgan fingerprint density at radius 2 is 1.89 bits per heavy atom. The van der Waals surface area contributed by atoms with E-state index in [4.69, 9.17) is 11.6 Å². The van der Waals surface area contributed by atoms with Crippen molar-refractivity contribution in [3.05, 3.63) is 26.8 Å². The highest BCUT2D eigenvalue weighted by Gasteiger charge is 2.53. The molecule has 0 N–H and O–H groups in total.